The number of amides is 1. The first-order valence-corrected chi connectivity index (χ1v) is 7.68. The van der Waals surface area contributed by atoms with Crippen molar-refractivity contribution in [2.75, 3.05) is 13.3 Å². The number of nitrogens with one attached hydrogen (secondary N) is 1. The third-order valence-electron chi connectivity index (χ3n) is 3.43. The first kappa shape index (κ1) is 15.4. The van der Waals surface area contributed by atoms with Crippen LogP contribution in [0, 0.1) is 0 Å². The first-order chi connectivity index (χ1) is 11.2. The van der Waals surface area contributed by atoms with E-state index in [0.29, 0.717) is 17.3 Å². The summed E-state index contributed by atoms with van der Waals surface area (Å²) in [7, 11) is 0. The van der Waals surface area contributed by atoms with E-state index in [1.165, 1.54) is 6.08 Å². The SMILES string of the molecule is O=C(/C=C/c1ccc2c(c1)OCO2)NCCc1cccc(Cl)c1. The largest absolute Gasteiger partial charge is 0.454 e. The van der Waals surface area contributed by atoms with E-state index in [0.717, 1.165) is 23.3 Å². The summed E-state index contributed by atoms with van der Waals surface area (Å²) < 4.78 is 10.5. The van der Waals surface area contributed by atoms with Crippen LogP contribution < -0.4 is 14.8 Å². The number of rotatable bonds is 5. The molecule has 1 aliphatic heterocycles. The molecule has 0 saturated heterocycles. The van der Waals surface area contributed by atoms with Gasteiger partial charge in [-0.2, -0.15) is 0 Å². The molecule has 3 rings (SSSR count). The number of fused-ring (bicyclic) bond motifs is 1. The van der Waals surface area contributed by atoms with Gasteiger partial charge in [-0.25, -0.2) is 0 Å². The van der Waals surface area contributed by atoms with E-state index in [9.17, 15) is 4.79 Å². The van der Waals surface area contributed by atoms with Crippen LogP contribution in [0.4, 0.5) is 0 Å². The van der Waals surface area contributed by atoms with Gasteiger partial charge in [-0.05, 0) is 47.9 Å². The van der Waals surface area contributed by atoms with Crippen LogP contribution in [0.3, 0.4) is 0 Å². The van der Waals surface area contributed by atoms with Gasteiger partial charge in [0.25, 0.3) is 0 Å². The van der Waals surface area contributed by atoms with Crippen molar-refractivity contribution in [1.82, 2.24) is 5.32 Å². The van der Waals surface area contributed by atoms with Gasteiger partial charge in [0, 0.05) is 17.6 Å². The lowest BCUT2D eigenvalue weighted by Gasteiger charge is -2.03. The van der Waals surface area contributed by atoms with Crippen LogP contribution in [0.2, 0.25) is 5.02 Å². The number of halogens is 1. The van der Waals surface area contributed by atoms with Crippen LogP contribution in [-0.4, -0.2) is 19.2 Å². The number of hydrogen-bond acceptors (Lipinski definition) is 3. The summed E-state index contributed by atoms with van der Waals surface area (Å²) in [4.78, 5) is 11.8. The fraction of sp³-hybridized carbons (Fsp3) is 0.167. The van der Waals surface area contributed by atoms with Gasteiger partial charge in [0.2, 0.25) is 12.7 Å². The first-order valence-electron chi connectivity index (χ1n) is 7.31. The number of hydrogen-bond donors (Lipinski definition) is 1. The zero-order valence-corrected chi connectivity index (χ0v) is 13.2. The minimum atomic E-state index is -0.135. The molecular formula is C18H16ClNO3. The van der Waals surface area contributed by atoms with Gasteiger partial charge in [-0.3, -0.25) is 4.79 Å². The summed E-state index contributed by atoms with van der Waals surface area (Å²) in [5.41, 5.74) is 1.98. The maximum Gasteiger partial charge on any atom is 0.244 e. The monoisotopic (exact) mass is 329 g/mol. The average molecular weight is 330 g/mol. The van der Waals surface area contributed by atoms with Crippen molar-refractivity contribution in [3.05, 3.63) is 64.7 Å². The second-order valence-electron chi connectivity index (χ2n) is 5.12. The summed E-state index contributed by atoms with van der Waals surface area (Å²) in [5, 5.41) is 3.55. The molecule has 23 heavy (non-hydrogen) atoms. The maximum atomic E-state index is 11.8. The summed E-state index contributed by atoms with van der Waals surface area (Å²) >= 11 is 5.93. The Morgan fingerprint density at radius 2 is 2.04 bits per heavy atom. The molecule has 118 valence electrons. The molecule has 0 atom stereocenters. The van der Waals surface area contributed by atoms with Crippen molar-refractivity contribution in [3.63, 3.8) is 0 Å². The molecule has 2 aromatic rings. The van der Waals surface area contributed by atoms with Gasteiger partial charge in [-0.1, -0.05) is 29.8 Å². The molecule has 0 bridgehead atoms. The smallest absolute Gasteiger partial charge is 0.244 e. The molecule has 2 aromatic carbocycles. The van der Waals surface area contributed by atoms with Crippen LogP contribution in [-0.2, 0) is 11.2 Å². The van der Waals surface area contributed by atoms with Gasteiger partial charge in [0.15, 0.2) is 11.5 Å². The quantitative estimate of drug-likeness (QED) is 0.855. The number of carbonyl (C=O) groups is 1. The Morgan fingerprint density at radius 1 is 1.17 bits per heavy atom. The van der Waals surface area contributed by atoms with E-state index in [4.69, 9.17) is 21.1 Å². The predicted molar refractivity (Wildman–Crippen MR) is 89.8 cm³/mol. The normalized spacial score (nSPS) is 12.6. The van der Waals surface area contributed by atoms with Gasteiger partial charge in [0.05, 0.1) is 0 Å². The van der Waals surface area contributed by atoms with Crippen molar-refractivity contribution < 1.29 is 14.3 Å². The Bertz CT molecular complexity index is 743. The van der Waals surface area contributed by atoms with E-state index in [1.807, 2.05) is 42.5 Å². The average Bonchev–Trinajstić information content (AvgIpc) is 3.00. The Hall–Kier alpha value is -2.46. The van der Waals surface area contributed by atoms with E-state index < -0.39 is 0 Å². The summed E-state index contributed by atoms with van der Waals surface area (Å²) in [6.07, 6.45) is 4.00. The van der Waals surface area contributed by atoms with Gasteiger partial charge in [-0.15, -0.1) is 0 Å². The molecule has 4 nitrogen and oxygen atoms in total. The fourth-order valence-electron chi connectivity index (χ4n) is 2.27. The Morgan fingerprint density at radius 3 is 2.91 bits per heavy atom. The Labute approximate surface area is 139 Å². The van der Waals surface area contributed by atoms with E-state index >= 15 is 0 Å². The molecule has 0 aromatic heterocycles. The van der Waals surface area contributed by atoms with Crippen molar-refractivity contribution in [3.8, 4) is 11.5 Å². The molecule has 1 aliphatic rings. The van der Waals surface area contributed by atoms with Crippen LogP contribution in [0.5, 0.6) is 11.5 Å². The standard InChI is InChI=1S/C18H16ClNO3/c19-15-3-1-2-13(10-15)8-9-20-18(21)7-5-14-4-6-16-17(11-14)23-12-22-16/h1-7,10-11H,8-9,12H2,(H,20,21)/b7-5+. The molecule has 5 heteroatoms. The highest BCUT2D eigenvalue weighted by Gasteiger charge is 2.12. The maximum absolute atomic E-state index is 11.8. The Balaban J connectivity index is 1.49. The molecule has 0 fully saturated rings. The highest BCUT2D eigenvalue weighted by molar-refractivity contribution is 6.30. The summed E-state index contributed by atoms with van der Waals surface area (Å²) in [5.74, 6) is 1.30. The predicted octanol–water partition coefficient (Wildman–Crippen LogP) is 3.44. The minimum Gasteiger partial charge on any atom is -0.454 e. The third-order valence-corrected chi connectivity index (χ3v) is 3.66. The van der Waals surface area contributed by atoms with Gasteiger partial charge >= 0.3 is 0 Å². The van der Waals surface area contributed by atoms with Crippen molar-refractivity contribution in [1.29, 1.82) is 0 Å². The zero-order valence-electron chi connectivity index (χ0n) is 12.4. The van der Waals surface area contributed by atoms with Crippen molar-refractivity contribution in [2.45, 2.75) is 6.42 Å². The van der Waals surface area contributed by atoms with Gasteiger partial charge in [0.1, 0.15) is 0 Å². The lowest BCUT2D eigenvalue weighted by molar-refractivity contribution is -0.116. The number of benzene rings is 2. The fourth-order valence-corrected chi connectivity index (χ4v) is 2.48. The third kappa shape index (κ3) is 4.27. The number of carbonyl (C=O) groups excluding carboxylic acids is 1. The highest BCUT2D eigenvalue weighted by Crippen LogP contribution is 2.32. The van der Waals surface area contributed by atoms with Crippen molar-refractivity contribution in [2.24, 2.45) is 0 Å². The molecule has 0 spiro atoms. The van der Waals surface area contributed by atoms with E-state index in [-0.39, 0.29) is 12.7 Å². The molecule has 0 saturated carbocycles. The minimum absolute atomic E-state index is 0.135. The van der Waals surface area contributed by atoms with Crippen LogP contribution >= 0.6 is 11.6 Å². The van der Waals surface area contributed by atoms with Crippen LogP contribution in [0.15, 0.2) is 48.5 Å². The number of ether oxygens (including phenoxy) is 2. The lowest BCUT2D eigenvalue weighted by atomic mass is 10.1. The molecule has 1 N–H and O–H groups in total. The summed E-state index contributed by atoms with van der Waals surface area (Å²) in [6.45, 7) is 0.803. The van der Waals surface area contributed by atoms with Crippen LogP contribution in [0.25, 0.3) is 6.08 Å². The summed E-state index contributed by atoms with van der Waals surface area (Å²) in [6, 6.07) is 13.2. The topological polar surface area (TPSA) is 47.6 Å². The van der Waals surface area contributed by atoms with E-state index in [2.05, 4.69) is 5.32 Å². The molecule has 1 amide bonds. The van der Waals surface area contributed by atoms with Crippen LogP contribution in [0.1, 0.15) is 11.1 Å². The van der Waals surface area contributed by atoms with Gasteiger partial charge < -0.3 is 14.8 Å². The second kappa shape index (κ2) is 7.20. The Kier molecular flexibility index (Phi) is 4.83. The molecule has 0 radical (unpaired) electrons. The van der Waals surface area contributed by atoms with E-state index in [1.54, 1.807) is 6.08 Å². The molecule has 0 aliphatic carbocycles. The van der Waals surface area contributed by atoms with Crippen molar-refractivity contribution >= 4 is 23.6 Å². The molecule has 1 heterocycles. The molecular weight excluding hydrogens is 314 g/mol. The zero-order chi connectivity index (χ0) is 16.1. The highest BCUT2D eigenvalue weighted by atomic mass is 35.5. The second-order valence-corrected chi connectivity index (χ2v) is 5.55. The lowest BCUT2D eigenvalue weighted by Crippen LogP contribution is -2.23. The molecule has 0 unspecified atom stereocenters.